The monoisotopic (exact) mass is 262 g/mol. The molecule has 4 heteroatoms. The molecule has 0 aliphatic heterocycles. The van der Waals surface area contributed by atoms with Crippen molar-refractivity contribution in [3.05, 3.63) is 48.6 Å². The summed E-state index contributed by atoms with van der Waals surface area (Å²) in [5.41, 5.74) is 6.93. The number of nitrogens with two attached hydrogens (primary N) is 1. The van der Waals surface area contributed by atoms with E-state index in [0.29, 0.717) is 19.8 Å². The number of hydrogen-bond donors (Lipinski definition) is 2. The largest absolute Gasteiger partial charge is 0.379 e. The van der Waals surface area contributed by atoms with Gasteiger partial charge in [-0.15, -0.1) is 6.58 Å². The fourth-order valence-corrected chi connectivity index (χ4v) is 1.62. The molecule has 0 radical (unpaired) electrons. The Bertz CT molecular complexity index is 379. The van der Waals surface area contributed by atoms with Crippen molar-refractivity contribution in [2.45, 2.75) is 18.9 Å². The molecule has 1 aromatic rings. The van der Waals surface area contributed by atoms with Gasteiger partial charge in [0.15, 0.2) is 0 Å². The summed E-state index contributed by atoms with van der Waals surface area (Å²) in [7, 11) is 0. The van der Waals surface area contributed by atoms with Crippen LogP contribution in [0.15, 0.2) is 43.0 Å². The van der Waals surface area contributed by atoms with Gasteiger partial charge in [-0.25, -0.2) is 0 Å². The Morgan fingerprint density at radius 2 is 2.11 bits per heavy atom. The Morgan fingerprint density at radius 1 is 1.37 bits per heavy atom. The van der Waals surface area contributed by atoms with Crippen molar-refractivity contribution in [3.63, 3.8) is 0 Å². The van der Waals surface area contributed by atoms with Gasteiger partial charge in [0.2, 0.25) is 5.91 Å². The fraction of sp³-hybridized carbons (Fsp3) is 0.400. The van der Waals surface area contributed by atoms with Crippen LogP contribution in [0.25, 0.3) is 0 Å². The van der Waals surface area contributed by atoms with Crippen LogP contribution in [-0.2, 0) is 9.53 Å². The van der Waals surface area contributed by atoms with Crippen LogP contribution in [-0.4, -0.2) is 25.7 Å². The molecule has 1 rings (SSSR count). The van der Waals surface area contributed by atoms with Gasteiger partial charge >= 0.3 is 0 Å². The number of carbonyl (C=O) groups excluding carboxylic acids is 1. The normalized spacial score (nSPS) is 11.8. The lowest BCUT2D eigenvalue weighted by molar-refractivity contribution is -0.121. The van der Waals surface area contributed by atoms with Gasteiger partial charge in [0.25, 0.3) is 0 Å². The molecule has 4 nitrogen and oxygen atoms in total. The highest BCUT2D eigenvalue weighted by Crippen LogP contribution is 2.12. The highest BCUT2D eigenvalue weighted by Gasteiger charge is 2.10. The number of ether oxygens (including phenoxy) is 1. The molecule has 0 fully saturated rings. The van der Waals surface area contributed by atoms with Crippen LogP contribution in [0.2, 0.25) is 0 Å². The third-order valence-electron chi connectivity index (χ3n) is 2.67. The van der Waals surface area contributed by atoms with Crippen molar-refractivity contribution in [3.8, 4) is 0 Å². The van der Waals surface area contributed by atoms with Crippen molar-refractivity contribution in [1.82, 2.24) is 5.32 Å². The highest BCUT2D eigenvalue weighted by atomic mass is 16.5. The van der Waals surface area contributed by atoms with Crippen LogP contribution in [0.5, 0.6) is 0 Å². The zero-order valence-corrected chi connectivity index (χ0v) is 11.2. The minimum atomic E-state index is -0.261. The topological polar surface area (TPSA) is 64.3 Å². The summed E-state index contributed by atoms with van der Waals surface area (Å²) in [6.07, 6.45) is 2.92. The third kappa shape index (κ3) is 6.74. The predicted molar refractivity (Wildman–Crippen MR) is 76.6 cm³/mol. The molecule has 0 bridgehead atoms. The van der Waals surface area contributed by atoms with Gasteiger partial charge < -0.3 is 15.8 Å². The first-order chi connectivity index (χ1) is 9.24. The second-order valence-electron chi connectivity index (χ2n) is 4.26. The van der Waals surface area contributed by atoms with Crippen LogP contribution in [0.1, 0.15) is 24.4 Å². The average Bonchev–Trinajstić information content (AvgIpc) is 2.43. The van der Waals surface area contributed by atoms with Gasteiger partial charge in [-0.3, -0.25) is 4.79 Å². The number of hydrogen-bond acceptors (Lipinski definition) is 3. The first kappa shape index (κ1) is 15.4. The maximum atomic E-state index is 11.7. The number of rotatable bonds is 9. The highest BCUT2D eigenvalue weighted by molar-refractivity contribution is 5.76. The summed E-state index contributed by atoms with van der Waals surface area (Å²) in [6, 6.07) is 9.35. The molecule has 3 N–H and O–H groups in total. The van der Waals surface area contributed by atoms with E-state index in [1.165, 1.54) is 0 Å². The molecule has 104 valence electrons. The molecular weight excluding hydrogens is 240 g/mol. The van der Waals surface area contributed by atoms with E-state index >= 15 is 0 Å². The Labute approximate surface area is 114 Å². The third-order valence-corrected chi connectivity index (χ3v) is 2.67. The number of benzene rings is 1. The average molecular weight is 262 g/mol. The van der Waals surface area contributed by atoms with Crippen LogP contribution in [0.4, 0.5) is 0 Å². The number of amides is 1. The minimum Gasteiger partial charge on any atom is -0.379 e. The minimum absolute atomic E-state index is 0.0522. The Kier molecular flexibility index (Phi) is 7.54. The summed E-state index contributed by atoms with van der Waals surface area (Å²) >= 11 is 0. The lowest BCUT2D eigenvalue weighted by atomic mass is 10.0. The Balaban J connectivity index is 2.15. The summed E-state index contributed by atoms with van der Waals surface area (Å²) < 4.78 is 5.30. The summed E-state index contributed by atoms with van der Waals surface area (Å²) in [6.45, 7) is 5.27. The molecule has 19 heavy (non-hydrogen) atoms. The van der Waals surface area contributed by atoms with Gasteiger partial charge in [0, 0.05) is 19.0 Å². The molecule has 1 atom stereocenters. The predicted octanol–water partition coefficient (Wildman–Crippen LogP) is 1.79. The molecule has 0 aliphatic carbocycles. The van der Waals surface area contributed by atoms with Gasteiger partial charge in [0.05, 0.1) is 13.2 Å². The molecule has 1 unspecified atom stereocenters. The van der Waals surface area contributed by atoms with Crippen LogP contribution >= 0.6 is 0 Å². The van der Waals surface area contributed by atoms with E-state index in [-0.39, 0.29) is 18.4 Å². The van der Waals surface area contributed by atoms with E-state index in [2.05, 4.69) is 11.9 Å². The van der Waals surface area contributed by atoms with E-state index in [0.717, 1.165) is 12.0 Å². The van der Waals surface area contributed by atoms with Crippen molar-refractivity contribution in [2.24, 2.45) is 5.73 Å². The Morgan fingerprint density at radius 3 is 2.79 bits per heavy atom. The molecule has 1 amide bonds. The zero-order chi connectivity index (χ0) is 13.9. The van der Waals surface area contributed by atoms with Crippen LogP contribution < -0.4 is 11.1 Å². The Hall–Kier alpha value is -1.65. The zero-order valence-electron chi connectivity index (χ0n) is 11.2. The fourth-order valence-electron chi connectivity index (χ4n) is 1.62. The molecule has 0 heterocycles. The van der Waals surface area contributed by atoms with Gasteiger partial charge in [0.1, 0.15) is 0 Å². The second kappa shape index (κ2) is 9.30. The molecule has 0 spiro atoms. The standard InChI is InChI=1S/C15H22N2O2/c1-2-3-10-19-11-9-17-15(18)12-14(16)13-7-5-4-6-8-13/h2,4-8,14H,1,3,9-12,16H2,(H,17,18). The number of nitrogens with one attached hydrogen (secondary N) is 1. The maximum absolute atomic E-state index is 11.7. The van der Waals surface area contributed by atoms with Crippen LogP contribution in [0, 0.1) is 0 Å². The lowest BCUT2D eigenvalue weighted by Crippen LogP contribution is -2.30. The molecule has 0 saturated carbocycles. The van der Waals surface area contributed by atoms with Crippen molar-refractivity contribution in [2.75, 3.05) is 19.8 Å². The van der Waals surface area contributed by atoms with E-state index in [1.54, 1.807) is 6.08 Å². The summed E-state index contributed by atoms with van der Waals surface area (Å²) in [4.78, 5) is 11.7. The van der Waals surface area contributed by atoms with E-state index in [9.17, 15) is 4.79 Å². The van der Waals surface area contributed by atoms with Gasteiger partial charge in [-0.1, -0.05) is 36.4 Å². The number of carbonyl (C=O) groups is 1. The van der Waals surface area contributed by atoms with Gasteiger partial charge in [-0.05, 0) is 12.0 Å². The van der Waals surface area contributed by atoms with E-state index in [1.807, 2.05) is 30.3 Å². The SMILES string of the molecule is C=CCCOCCNC(=O)CC(N)c1ccccc1. The first-order valence-corrected chi connectivity index (χ1v) is 6.50. The van der Waals surface area contributed by atoms with E-state index < -0.39 is 0 Å². The van der Waals surface area contributed by atoms with E-state index in [4.69, 9.17) is 10.5 Å². The first-order valence-electron chi connectivity index (χ1n) is 6.50. The second-order valence-corrected chi connectivity index (χ2v) is 4.26. The molecule has 0 saturated heterocycles. The van der Waals surface area contributed by atoms with Gasteiger partial charge in [-0.2, -0.15) is 0 Å². The van der Waals surface area contributed by atoms with Crippen molar-refractivity contribution < 1.29 is 9.53 Å². The maximum Gasteiger partial charge on any atom is 0.221 e. The summed E-state index contributed by atoms with van der Waals surface area (Å²) in [5.74, 6) is -0.0522. The molecule has 1 aromatic carbocycles. The van der Waals surface area contributed by atoms with Crippen LogP contribution in [0.3, 0.4) is 0 Å². The summed E-state index contributed by atoms with van der Waals surface area (Å²) in [5, 5.41) is 2.79. The van der Waals surface area contributed by atoms with Crippen molar-refractivity contribution >= 4 is 5.91 Å². The molecule has 0 aromatic heterocycles. The lowest BCUT2D eigenvalue weighted by Gasteiger charge is -2.12. The molecule has 0 aliphatic rings. The quantitative estimate of drug-likeness (QED) is 0.527. The smallest absolute Gasteiger partial charge is 0.221 e. The molecular formula is C15H22N2O2. The van der Waals surface area contributed by atoms with Crippen molar-refractivity contribution in [1.29, 1.82) is 0 Å².